The molecule has 0 atom stereocenters. The van der Waals surface area contributed by atoms with E-state index in [0.717, 1.165) is 101 Å². The average Bonchev–Trinajstić information content (AvgIpc) is 0.805. The van der Waals surface area contributed by atoms with Gasteiger partial charge < -0.3 is 0 Å². The van der Waals surface area contributed by atoms with Crippen molar-refractivity contribution in [2.24, 2.45) is 28.2 Å². The Labute approximate surface area is 735 Å². The predicted octanol–water partition coefficient (Wildman–Crippen LogP) is 27.1. The summed E-state index contributed by atoms with van der Waals surface area (Å²) in [6, 6.07) is 49.1. The van der Waals surface area contributed by atoms with Crippen molar-refractivity contribution >= 4 is 96.1 Å². The molecule has 122 heavy (non-hydrogen) atoms. The van der Waals surface area contributed by atoms with Crippen LogP contribution >= 0.6 is 0 Å². The summed E-state index contributed by atoms with van der Waals surface area (Å²) in [6.45, 7) is 40.5. The van der Waals surface area contributed by atoms with Crippen molar-refractivity contribution in [3.63, 3.8) is 0 Å². The first-order chi connectivity index (χ1) is 58.1. The van der Waals surface area contributed by atoms with Crippen LogP contribution in [0.15, 0.2) is 152 Å². The molecule has 4 heterocycles. The van der Waals surface area contributed by atoms with E-state index in [9.17, 15) is 8.78 Å². The Morgan fingerprint density at radius 3 is 0.984 bits per heavy atom. The monoisotopic (exact) mass is 1700 g/mol. The van der Waals surface area contributed by atoms with E-state index in [0.29, 0.717) is 17.5 Å². The largest absolute Gasteiger partial charge is 0.223 e. The Kier molecular flexibility index (Phi) is 26.1. The molecule has 11 heteroatoms. The summed E-state index contributed by atoms with van der Waals surface area (Å²) >= 11 is 0. The third kappa shape index (κ3) is 16.9. The number of halogens is 3. The number of fused-ring (bicyclic) bond motifs is 4. The summed E-state index contributed by atoms with van der Waals surface area (Å²) < 4.78 is 53.2. The van der Waals surface area contributed by atoms with Crippen LogP contribution in [-0.2, 0) is 34.6 Å². The zero-order valence-corrected chi connectivity index (χ0v) is 82.6. The van der Waals surface area contributed by atoms with Crippen LogP contribution in [0.5, 0.6) is 0 Å². The fourth-order valence-corrected chi connectivity index (χ4v) is 35.9. The lowest BCUT2D eigenvalue weighted by Gasteiger charge is -2.39. The molecule has 12 aromatic rings. The fraction of sp³-hybridized carbons (Fsp3) is 0.459. The molecule has 18 rings (SSSR count). The molecule has 6 aliphatic rings. The lowest BCUT2D eigenvalue weighted by atomic mass is 9.76. The van der Waals surface area contributed by atoms with E-state index < -0.39 is 32.3 Å². The first kappa shape index (κ1) is 88.9. The molecular formula is C111H143F3N4Si4+4. The number of hydrogen-bond donors (Lipinski definition) is 0. The minimum Gasteiger partial charge on any atom is -0.206 e. The third-order valence-corrected chi connectivity index (χ3v) is 50.5. The van der Waals surface area contributed by atoms with Crippen LogP contribution in [0.1, 0.15) is 227 Å². The van der Waals surface area contributed by atoms with Gasteiger partial charge in [-0.1, -0.05) is 256 Å². The lowest BCUT2D eigenvalue weighted by molar-refractivity contribution is -0.659. The predicted molar refractivity (Wildman–Crippen MR) is 525 cm³/mol. The standard InChI is InChI=1S/C35H48NSi.C26H33FNSi.2C25H31FNSi/c1-25-33(27-14-9-6-10-15-27)23-29(26-12-7-5-8-13-26)24-34(25)35-32-19-18-31(22-28(32)20-21-36(35)2)37(3,4)30-16-11-17-30;1-7-19-16-24(17(2)18(3)25(19)27)26-23-12-11-22(15-20(23)13-14-28(26)4)29(5,6)21-9-8-10-21;1-16-14-23(17(2)18(3)24(16)26)25-22-11-10-21(15-19(22)12-13-27(25)4)28(5,6)20-8-7-9-20;1-16-14-17(2)24(26)23(18(16)3)25-22-11-10-21(15-19(22)12-13-27(25)4)28(5,6)20-8-7-9-20/h18-24,26-27,30H,5-17H2,1-4H3;11-16,21H,7-10H2,1-6H3;2*10-15,20H,7-9H2,1-6H3/q4*+1. The van der Waals surface area contributed by atoms with Gasteiger partial charge in [-0.2, -0.15) is 0 Å². The molecule has 6 aliphatic carbocycles. The summed E-state index contributed by atoms with van der Waals surface area (Å²) in [5.41, 5.74) is 25.9. The zero-order valence-electron chi connectivity index (χ0n) is 78.6. The Balaban J connectivity index is 0.000000127. The van der Waals surface area contributed by atoms with Gasteiger partial charge in [0.05, 0.1) is 76.1 Å². The highest BCUT2D eigenvalue weighted by Gasteiger charge is 2.42. The molecule has 0 amide bonds. The molecule has 0 bridgehead atoms. The SMILES string of the molecule is CCc1cc(-c2c3ccc([Si](C)(C)C4CCC4)cc3cc[n+]2C)c(C)c(C)c1F.Cc1c(-c2c3ccc([Si](C)(C)C4CCC4)cc3cc[n+]2C)cc(C2CCCCC2)cc1C1CCCCC1.Cc1cc(-c2c3ccc([Si](C)(C)C4CCC4)cc3cc[n+]2C)c(C)c(C)c1F.Cc1cc(C)c(F)c(-c2c3ccc([Si](C)(C)C4CCC4)cc3cc[n+]2C)c1C. The lowest BCUT2D eigenvalue weighted by Crippen LogP contribution is -2.48. The van der Waals surface area contributed by atoms with Crippen molar-refractivity contribution in [1.29, 1.82) is 0 Å². The Hall–Kier alpha value is -7.94. The van der Waals surface area contributed by atoms with Crippen molar-refractivity contribution in [2.45, 2.75) is 303 Å². The zero-order chi connectivity index (χ0) is 86.9. The molecule has 8 aromatic carbocycles. The second-order valence-corrected chi connectivity index (χ2v) is 60.6. The molecule has 4 aromatic heterocycles. The van der Waals surface area contributed by atoms with Crippen LogP contribution in [0.25, 0.3) is 88.1 Å². The number of rotatable bonds is 15. The van der Waals surface area contributed by atoms with Crippen molar-refractivity contribution in [1.82, 2.24) is 0 Å². The van der Waals surface area contributed by atoms with Crippen LogP contribution in [0.2, 0.25) is 74.5 Å². The molecule has 6 saturated carbocycles. The van der Waals surface area contributed by atoms with Crippen LogP contribution in [0.4, 0.5) is 13.2 Å². The second kappa shape index (κ2) is 35.8. The van der Waals surface area contributed by atoms with Crippen molar-refractivity contribution in [2.75, 3.05) is 0 Å². The molecular weight excluding hydrogens is 1560 g/mol. The third-order valence-electron chi connectivity index (χ3n) is 32.9. The maximum Gasteiger partial charge on any atom is 0.223 e. The number of aryl methyl sites for hydroxylation is 8. The van der Waals surface area contributed by atoms with E-state index in [-0.39, 0.29) is 17.5 Å². The molecule has 0 N–H and O–H groups in total. The number of nitrogens with zero attached hydrogens (tertiary/aromatic N) is 4. The molecule has 6 fully saturated rings. The molecule has 0 radical (unpaired) electrons. The number of aromatic nitrogens is 4. The second-order valence-electron chi connectivity index (χ2n) is 41.3. The highest BCUT2D eigenvalue weighted by atomic mass is 28.3. The van der Waals surface area contributed by atoms with Crippen LogP contribution in [0, 0.1) is 79.8 Å². The van der Waals surface area contributed by atoms with Crippen LogP contribution < -0.4 is 39.0 Å². The summed E-state index contributed by atoms with van der Waals surface area (Å²) in [7, 11) is 2.78. The van der Waals surface area contributed by atoms with Gasteiger partial charge in [-0.15, -0.1) is 0 Å². The van der Waals surface area contributed by atoms with Crippen molar-refractivity contribution in [3.8, 4) is 45.0 Å². The highest BCUT2D eigenvalue weighted by molar-refractivity contribution is 6.92. The fourth-order valence-electron chi connectivity index (χ4n) is 22.5. The Morgan fingerprint density at radius 1 is 0.295 bits per heavy atom. The molecule has 4 nitrogen and oxygen atoms in total. The van der Waals surface area contributed by atoms with Gasteiger partial charge in [0.25, 0.3) is 0 Å². The van der Waals surface area contributed by atoms with Gasteiger partial charge in [-0.25, -0.2) is 31.4 Å². The quantitative estimate of drug-likeness (QED) is 0.0718. The number of benzene rings is 8. The van der Waals surface area contributed by atoms with Gasteiger partial charge >= 0.3 is 0 Å². The maximum absolute atomic E-state index is 15.3. The minimum atomic E-state index is -1.44. The van der Waals surface area contributed by atoms with Gasteiger partial charge in [0.2, 0.25) is 22.8 Å². The van der Waals surface area contributed by atoms with E-state index in [1.165, 1.54) is 207 Å². The molecule has 640 valence electrons. The van der Waals surface area contributed by atoms with Crippen LogP contribution in [0.3, 0.4) is 0 Å². The van der Waals surface area contributed by atoms with Crippen LogP contribution in [-0.4, -0.2) is 32.3 Å². The van der Waals surface area contributed by atoms with Gasteiger partial charge in [-0.3, -0.25) is 0 Å². The number of hydrogen-bond acceptors (Lipinski definition) is 0. The summed E-state index contributed by atoms with van der Waals surface area (Å²) in [4.78, 5) is 0. The van der Waals surface area contributed by atoms with Gasteiger partial charge in [0.15, 0.2) is 24.8 Å². The highest BCUT2D eigenvalue weighted by Crippen LogP contribution is 2.48. The van der Waals surface area contributed by atoms with Crippen molar-refractivity contribution < 1.29 is 31.4 Å². The van der Waals surface area contributed by atoms with Gasteiger partial charge in [0.1, 0.15) is 45.6 Å². The summed E-state index contributed by atoms with van der Waals surface area (Å²) in [6.07, 6.45) is 40.3. The Morgan fingerprint density at radius 2 is 0.623 bits per heavy atom. The first-order valence-corrected chi connectivity index (χ1v) is 59.6. The van der Waals surface area contributed by atoms with E-state index in [2.05, 4.69) is 246 Å². The summed E-state index contributed by atoms with van der Waals surface area (Å²) in [5.74, 6) is 1.26. The number of pyridine rings is 4. The molecule has 0 aliphatic heterocycles. The topological polar surface area (TPSA) is 15.5 Å². The molecule has 0 saturated heterocycles. The van der Waals surface area contributed by atoms with E-state index in [4.69, 9.17) is 0 Å². The first-order valence-electron chi connectivity index (χ1n) is 47.3. The van der Waals surface area contributed by atoms with E-state index in [1.54, 1.807) is 32.3 Å². The minimum absolute atomic E-state index is 0.0489. The molecule has 0 spiro atoms. The van der Waals surface area contributed by atoms with Gasteiger partial charge in [-0.05, 0) is 259 Å². The summed E-state index contributed by atoms with van der Waals surface area (Å²) in [5, 5.41) is 16.7. The molecule has 0 unspecified atom stereocenters. The van der Waals surface area contributed by atoms with E-state index in [1.807, 2.05) is 74.6 Å². The Bertz CT molecular complexity index is 5960. The maximum atomic E-state index is 15.3. The average molecular weight is 1700 g/mol. The smallest absolute Gasteiger partial charge is 0.206 e. The van der Waals surface area contributed by atoms with Gasteiger partial charge in [0, 0.05) is 24.3 Å². The van der Waals surface area contributed by atoms with E-state index >= 15 is 4.39 Å². The van der Waals surface area contributed by atoms with Crippen molar-refractivity contribution in [3.05, 3.63) is 236 Å². The normalized spacial score (nSPS) is 16.7.